The molecule has 1 fully saturated rings. The molecule has 0 radical (unpaired) electrons. The molecule has 1 saturated heterocycles. The summed E-state index contributed by atoms with van der Waals surface area (Å²) in [6, 6.07) is 0. The van der Waals surface area contributed by atoms with E-state index in [1.165, 1.54) is 32.4 Å². The Hall–Kier alpha value is -0.830. The Bertz CT molecular complexity index is 124. The van der Waals surface area contributed by atoms with Crippen molar-refractivity contribution in [2.75, 3.05) is 19.8 Å². The number of hydrogen-bond acceptors (Lipinski definition) is 3. The maximum Gasteiger partial charge on any atom is 0.107 e. The molecule has 3 nitrogen and oxygen atoms in total. The lowest BCUT2D eigenvalue weighted by atomic mass is 10.2. The van der Waals surface area contributed by atoms with Gasteiger partial charge in [-0.3, -0.25) is 4.99 Å². The minimum atomic E-state index is 0.733. The van der Waals surface area contributed by atoms with Gasteiger partial charge in [0.2, 0.25) is 0 Å². The summed E-state index contributed by atoms with van der Waals surface area (Å²) >= 11 is 0. The van der Waals surface area contributed by atoms with Gasteiger partial charge in [0.15, 0.2) is 0 Å². The van der Waals surface area contributed by atoms with Crippen molar-refractivity contribution in [3.05, 3.63) is 12.3 Å². The summed E-state index contributed by atoms with van der Waals surface area (Å²) < 4.78 is 0. The molecule has 0 bridgehead atoms. The van der Waals surface area contributed by atoms with Gasteiger partial charge in [-0.2, -0.15) is 0 Å². The average molecular weight is 167 g/mol. The molecule has 0 aliphatic carbocycles. The van der Waals surface area contributed by atoms with E-state index in [1.807, 2.05) is 12.3 Å². The van der Waals surface area contributed by atoms with Crippen molar-refractivity contribution in [2.24, 2.45) is 4.99 Å². The number of aliphatic imine (C=N–C) groups is 1. The highest BCUT2D eigenvalue weighted by atomic mass is 15.0. The summed E-state index contributed by atoms with van der Waals surface area (Å²) in [6.07, 6.45) is 9.72. The zero-order chi connectivity index (χ0) is 8.49. The maximum absolute atomic E-state index is 3.85. The molecule has 0 unspecified atom stereocenters. The quantitative estimate of drug-likeness (QED) is 0.562. The van der Waals surface area contributed by atoms with Crippen LogP contribution in [0.5, 0.6) is 0 Å². The molecule has 2 rings (SSSR count). The number of rotatable bonds is 0. The number of hydrogen-bond donors (Lipinski definition) is 2. The van der Waals surface area contributed by atoms with E-state index in [2.05, 4.69) is 15.6 Å². The molecule has 0 aromatic carbocycles. The number of nitrogens with one attached hydrogen (secondary N) is 2. The van der Waals surface area contributed by atoms with E-state index in [-0.39, 0.29) is 0 Å². The molecule has 0 amide bonds. The molecule has 0 aromatic heterocycles. The smallest absolute Gasteiger partial charge is 0.107 e. The highest BCUT2D eigenvalue weighted by molar-refractivity contribution is 5.71. The van der Waals surface area contributed by atoms with Crippen LogP contribution in [0.3, 0.4) is 0 Å². The summed E-state index contributed by atoms with van der Waals surface area (Å²) in [5.74, 6) is 0. The van der Waals surface area contributed by atoms with Crippen LogP contribution in [0, 0.1) is 0 Å². The highest BCUT2D eigenvalue weighted by Crippen LogP contribution is 1.96. The Morgan fingerprint density at radius 2 is 1.92 bits per heavy atom. The molecule has 68 valence electrons. The summed E-state index contributed by atoms with van der Waals surface area (Å²) in [5.41, 5.74) is 0. The van der Waals surface area contributed by atoms with E-state index in [0.29, 0.717) is 0 Å². The predicted molar refractivity (Wildman–Crippen MR) is 52.4 cm³/mol. The Labute approximate surface area is 74.0 Å². The number of allylic oxidation sites excluding steroid dienone is 1. The fraction of sp³-hybridized carbons (Fsp3) is 0.667. The minimum absolute atomic E-state index is 0.733. The molecule has 3 heteroatoms. The van der Waals surface area contributed by atoms with E-state index in [0.717, 1.165) is 6.67 Å². The lowest BCUT2D eigenvalue weighted by Gasteiger charge is -2.08. The predicted octanol–water partition coefficient (Wildman–Crippen LogP) is 0.891. The summed E-state index contributed by atoms with van der Waals surface area (Å²) in [4.78, 5) is 3.85. The first-order valence-corrected chi connectivity index (χ1v) is 4.59. The molecule has 12 heavy (non-hydrogen) atoms. The Kier molecular flexibility index (Phi) is 5.29. The van der Waals surface area contributed by atoms with Gasteiger partial charge in [-0.05, 0) is 38.2 Å². The Balaban J connectivity index is 0.000000120. The molecule has 2 heterocycles. The van der Waals surface area contributed by atoms with Crippen molar-refractivity contribution in [3.63, 3.8) is 0 Å². The van der Waals surface area contributed by atoms with Crippen LogP contribution in [0.2, 0.25) is 0 Å². The van der Waals surface area contributed by atoms with Crippen LogP contribution in [-0.2, 0) is 0 Å². The first-order chi connectivity index (χ1) is 6.00. The SMILES string of the molecule is C1=CNCN=C1.C1CCNCC1. The minimum Gasteiger partial charge on any atom is -0.372 e. The molecular weight excluding hydrogens is 150 g/mol. The highest BCUT2D eigenvalue weighted by Gasteiger charge is 1.93. The standard InChI is InChI=1S/C5H11N.C4H6N2/c1-2-4-6-5-3-1;1-2-5-4-6-3-1/h6H,1-5H2;1-3,5H,4H2. The van der Waals surface area contributed by atoms with E-state index in [9.17, 15) is 0 Å². The zero-order valence-corrected chi connectivity index (χ0v) is 7.42. The normalized spacial score (nSPS) is 20.7. The van der Waals surface area contributed by atoms with Crippen molar-refractivity contribution in [2.45, 2.75) is 19.3 Å². The van der Waals surface area contributed by atoms with E-state index < -0.39 is 0 Å². The molecule has 2 aliphatic rings. The van der Waals surface area contributed by atoms with Crippen molar-refractivity contribution in [1.82, 2.24) is 10.6 Å². The molecule has 2 aliphatic heterocycles. The van der Waals surface area contributed by atoms with Crippen LogP contribution in [0.25, 0.3) is 0 Å². The second-order valence-electron chi connectivity index (χ2n) is 2.86. The van der Waals surface area contributed by atoms with Crippen LogP contribution < -0.4 is 10.6 Å². The largest absolute Gasteiger partial charge is 0.372 e. The molecule has 0 spiro atoms. The first-order valence-electron chi connectivity index (χ1n) is 4.59. The van der Waals surface area contributed by atoms with E-state index in [4.69, 9.17) is 0 Å². The first kappa shape index (κ1) is 9.26. The Morgan fingerprint density at radius 1 is 1.08 bits per heavy atom. The van der Waals surface area contributed by atoms with Gasteiger partial charge >= 0.3 is 0 Å². The maximum atomic E-state index is 3.85. The van der Waals surface area contributed by atoms with Crippen LogP contribution in [0.15, 0.2) is 17.3 Å². The van der Waals surface area contributed by atoms with Gasteiger partial charge in [0, 0.05) is 6.21 Å². The van der Waals surface area contributed by atoms with Crippen LogP contribution in [0.4, 0.5) is 0 Å². The number of piperidine rings is 1. The van der Waals surface area contributed by atoms with Crippen molar-refractivity contribution >= 4 is 6.21 Å². The van der Waals surface area contributed by atoms with Crippen LogP contribution in [0.1, 0.15) is 19.3 Å². The molecule has 0 atom stereocenters. The molecule has 2 N–H and O–H groups in total. The molecule has 0 aromatic rings. The van der Waals surface area contributed by atoms with E-state index in [1.54, 1.807) is 6.21 Å². The summed E-state index contributed by atoms with van der Waals surface area (Å²) in [6.45, 7) is 3.23. The van der Waals surface area contributed by atoms with Crippen LogP contribution in [-0.4, -0.2) is 26.0 Å². The lowest BCUT2D eigenvalue weighted by Crippen LogP contribution is -2.21. The third kappa shape index (κ3) is 4.91. The van der Waals surface area contributed by atoms with Gasteiger partial charge in [0.05, 0.1) is 0 Å². The molecule has 0 saturated carbocycles. The second-order valence-corrected chi connectivity index (χ2v) is 2.86. The zero-order valence-electron chi connectivity index (χ0n) is 7.42. The fourth-order valence-electron chi connectivity index (χ4n) is 1.13. The van der Waals surface area contributed by atoms with Gasteiger partial charge < -0.3 is 10.6 Å². The third-order valence-electron chi connectivity index (χ3n) is 1.80. The van der Waals surface area contributed by atoms with Gasteiger partial charge in [0.25, 0.3) is 0 Å². The van der Waals surface area contributed by atoms with Gasteiger partial charge in [-0.25, -0.2) is 0 Å². The summed E-state index contributed by atoms with van der Waals surface area (Å²) in [7, 11) is 0. The van der Waals surface area contributed by atoms with Crippen LogP contribution >= 0.6 is 0 Å². The van der Waals surface area contributed by atoms with Gasteiger partial charge in [-0.1, -0.05) is 6.42 Å². The molecular formula is C9H17N3. The summed E-state index contributed by atoms with van der Waals surface area (Å²) in [5, 5.41) is 6.19. The third-order valence-corrected chi connectivity index (χ3v) is 1.80. The van der Waals surface area contributed by atoms with Gasteiger partial charge in [-0.15, -0.1) is 0 Å². The van der Waals surface area contributed by atoms with E-state index >= 15 is 0 Å². The Morgan fingerprint density at radius 3 is 2.08 bits per heavy atom. The topological polar surface area (TPSA) is 36.4 Å². The average Bonchev–Trinajstić information content (AvgIpc) is 2.24. The monoisotopic (exact) mass is 167 g/mol. The fourth-order valence-corrected chi connectivity index (χ4v) is 1.13. The van der Waals surface area contributed by atoms with Crippen molar-refractivity contribution in [1.29, 1.82) is 0 Å². The second kappa shape index (κ2) is 6.85. The van der Waals surface area contributed by atoms with Crippen molar-refractivity contribution < 1.29 is 0 Å². The number of nitrogens with zero attached hydrogens (tertiary/aromatic N) is 1. The lowest BCUT2D eigenvalue weighted by molar-refractivity contribution is 0.520. The van der Waals surface area contributed by atoms with Crippen molar-refractivity contribution in [3.8, 4) is 0 Å². The van der Waals surface area contributed by atoms with Gasteiger partial charge in [0.1, 0.15) is 6.67 Å².